The molecule has 1 aromatic heterocycles. The number of carbonyl (C=O) groups is 2. The Morgan fingerprint density at radius 2 is 1.95 bits per heavy atom. The lowest BCUT2D eigenvalue weighted by atomic mass is 9.93. The molecule has 2 heterocycles. The van der Waals surface area contributed by atoms with Crippen molar-refractivity contribution in [2.45, 2.75) is 11.3 Å². The fourth-order valence-electron chi connectivity index (χ4n) is 2.20. The van der Waals surface area contributed by atoms with Gasteiger partial charge in [0, 0.05) is 15.8 Å². The maximum Gasteiger partial charge on any atom is 0.317 e. The van der Waals surface area contributed by atoms with Gasteiger partial charge in [-0.15, -0.1) is 23.1 Å². The van der Waals surface area contributed by atoms with Crippen molar-refractivity contribution in [3.05, 3.63) is 28.5 Å². The Labute approximate surface area is 124 Å². The molecule has 2 N–H and O–H groups in total. The molecule has 2 rings (SSSR count). The van der Waals surface area contributed by atoms with E-state index in [1.54, 1.807) is 19.0 Å². The predicted octanol–water partition coefficient (Wildman–Crippen LogP) is 1.92. The van der Waals surface area contributed by atoms with Crippen LogP contribution in [0.2, 0.25) is 0 Å². The van der Waals surface area contributed by atoms with Gasteiger partial charge in [-0.2, -0.15) is 0 Å². The number of hydrogen-bond acceptors (Lipinski definition) is 5. The summed E-state index contributed by atoms with van der Waals surface area (Å²) in [5.41, 5.74) is 0. The molecule has 0 unspecified atom stereocenters. The molecule has 0 spiro atoms. The molecule has 0 aromatic carbocycles. The van der Waals surface area contributed by atoms with E-state index in [-0.39, 0.29) is 0 Å². The van der Waals surface area contributed by atoms with E-state index in [2.05, 4.69) is 0 Å². The summed E-state index contributed by atoms with van der Waals surface area (Å²) >= 11 is 2.64. The van der Waals surface area contributed by atoms with Crippen LogP contribution in [0.1, 0.15) is 4.88 Å². The zero-order chi connectivity index (χ0) is 14.9. The zero-order valence-electron chi connectivity index (χ0n) is 11.0. The van der Waals surface area contributed by atoms with Gasteiger partial charge in [0.05, 0.1) is 5.92 Å². The number of nitrogens with zero attached hydrogens (tertiary/aromatic N) is 1. The van der Waals surface area contributed by atoms with Gasteiger partial charge in [0.1, 0.15) is 5.25 Å². The number of carboxylic acids is 2. The van der Waals surface area contributed by atoms with E-state index in [1.807, 2.05) is 23.6 Å². The van der Waals surface area contributed by atoms with Crippen LogP contribution in [-0.2, 0) is 9.59 Å². The van der Waals surface area contributed by atoms with Crippen LogP contribution < -0.4 is 0 Å². The van der Waals surface area contributed by atoms with Crippen LogP contribution in [0.5, 0.6) is 0 Å². The summed E-state index contributed by atoms with van der Waals surface area (Å²) in [4.78, 5) is 26.4. The van der Waals surface area contributed by atoms with Crippen LogP contribution in [0.3, 0.4) is 0 Å². The van der Waals surface area contributed by atoms with Crippen LogP contribution in [-0.4, -0.2) is 52.4 Å². The summed E-state index contributed by atoms with van der Waals surface area (Å²) in [5, 5.41) is 19.6. The number of likely N-dealkylation sites (N-methyl/N-ethyl adjacent to an activating group) is 1. The summed E-state index contributed by atoms with van der Waals surface area (Å²) in [7, 11) is 3.52. The highest BCUT2D eigenvalue weighted by molar-refractivity contribution is 8.09. The minimum atomic E-state index is -1.09. The first-order valence-corrected chi connectivity index (χ1v) is 7.72. The van der Waals surface area contributed by atoms with E-state index in [9.17, 15) is 19.8 Å². The van der Waals surface area contributed by atoms with Crippen molar-refractivity contribution in [3.8, 4) is 0 Å². The Morgan fingerprint density at radius 1 is 1.25 bits per heavy atom. The summed E-state index contributed by atoms with van der Waals surface area (Å²) in [6, 6.07) is 3.37. The fraction of sp³-hybridized carbons (Fsp3) is 0.385. The molecule has 5 nitrogen and oxygen atoms in total. The number of aliphatic carboxylic acids is 2. The topological polar surface area (TPSA) is 77.8 Å². The van der Waals surface area contributed by atoms with Crippen LogP contribution in [0.25, 0.3) is 4.91 Å². The van der Waals surface area contributed by atoms with Crippen molar-refractivity contribution in [1.82, 2.24) is 4.90 Å². The number of rotatable bonds is 4. The summed E-state index contributed by atoms with van der Waals surface area (Å²) in [5.74, 6) is -3.13. The molecule has 3 atom stereocenters. The van der Waals surface area contributed by atoms with Gasteiger partial charge in [0.25, 0.3) is 0 Å². The normalized spacial score (nSPS) is 26.4. The Bertz CT molecular complexity index is 539. The third kappa shape index (κ3) is 2.89. The van der Waals surface area contributed by atoms with Crippen LogP contribution >= 0.6 is 23.1 Å². The Hall–Kier alpha value is -1.31. The molecule has 1 aliphatic rings. The van der Waals surface area contributed by atoms with Crippen LogP contribution in [0.4, 0.5) is 0 Å². The first kappa shape index (κ1) is 15.1. The third-order valence-electron chi connectivity index (χ3n) is 3.16. The molecule has 20 heavy (non-hydrogen) atoms. The number of thioether (sulfide) groups is 1. The summed E-state index contributed by atoms with van der Waals surface area (Å²) in [6.07, 6.45) is 1.86. The second-order valence-corrected chi connectivity index (χ2v) is 6.83. The van der Waals surface area contributed by atoms with Crippen LogP contribution in [0.15, 0.2) is 23.6 Å². The Balaban J connectivity index is 2.45. The second-order valence-electron chi connectivity index (χ2n) is 4.70. The Morgan fingerprint density at radius 3 is 2.40 bits per heavy atom. The van der Waals surface area contributed by atoms with Crippen LogP contribution in [0, 0.1) is 5.92 Å². The first-order chi connectivity index (χ1) is 9.41. The average Bonchev–Trinajstić information content (AvgIpc) is 2.90. The minimum absolute atomic E-state index is 0.438. The highest BCUT2D eigenvalue weighted by atomic mass is 32.2. The standard InChI is InChI=1S/C13H15NO4S2/c1-14(2)7-6-9(8-4-3-5-19-8)20-11(13(17)18)10(7)12(15)16/h3-7,10-11H,1-2H3,(H,15,16)(H,17,18)/t7-,10+,11-/m1/s1. The highest BCUT2D eigenvalue weighted by Crippen LogP contribution is 2.43. The van der Waals surface area contributed by atoms with E-state index in [4.69, 9.17) is 0 Å². The molecule has 0 aliphatic carbocycles. The molecule has 0 fully saturated rings. The van der Waals surface area contributed by atoms with E-state index >= 15 is 0 Å². The van der Waals surface area contributed by atoms with Crippen molar-refractivity contribution in [2.75, 3.05) is 14.1 Å². The lowest BCUT2D eigenvalue weighted by molar-refractivity contribution is -0.149. The van der Waals surface area contributed by atoms with Gasteiger partial charge >= 0.3 is 11.9 Å². The van der Waals surface area contributed by atoms with Crippen molar-refractivity contribution >= 4 is 39.9 Å². The lowest BCUT2D eigenvalue weighted by Crippen LogP contribution is -2.48. The SMILES string of the molecule is CN(C)[C@@H]1C=C(c2cccs2)S[C@@H](C(=O)O)[C@H]1C(=O)O. The molecule has 0 radical (unpaired) electrons. The number of hydrogen-bond donors (Lipinski definition) is 2. The van der Waals surface area contributed by atoms with Gasteiger partial charge in [0.2, 0.25) is 0 Å². The maximum atomic E-state index is 11.4. The molecular formula is C13H15NO4S2. The van der Waals surface area contributed by atoms with Gasteiger partial charge in [-0.3, -0.25) is 9.59 Å². The molecule has 0 bridgehead atoms. The average molecular weight is 313 g/mol. The molecule has 1 aliphatic heterocycles. The molecule has 1 aromatic rings. The fourth-order valence-corrected chi connectivity index (χ4v) is 4.33. The van der Waals surface area contributed by atoms with Gasteiger partial charge in [-0.25, -0.2) is 0 Å². The minimum Gasteiger partial charge on any atom is -0.481 e. The van der Waals surface area contributed by atoms with Crippen molar-refractivity contribution < 1.29 is 19.8 Å². The maximum absolute atomic E-state index is 11.4. The summed E-state index contributed by atoms with van der Waals surface area (Å²) < 4.78 is 0. The van der Waals surface area contributed by atoms with Gasteiger partial charge in [-0.05, 0) is 25.5 Å². The van der Waals surface area contributed by atoms with E-state index in [1.165, 1.54) is 11.3 Å². The number of thiophene rings is 1. The first-order valence-electron chi connectivity index (χ1n) is 5.96. The second kappa shape index (κ2) is 5.99. The van der Waals surface area contributed by atoms with Crippen molar-refractivity contribution in [1.29, 1.82) is 0 Å². The summed E-state index contributed by atoms with van der Waals surface area (Å²) in [6.45, 7) is 0. The van der Waals surface area contributed by atoms with Crippen molar-refractivity contribution in [3.63, 3.8) is 0 Å². The number of carboxylic acid groups (broad SMARTS) is 2. The van der Waals surface area contributed by atoms with Gasteiger partial charge in [0.15, 0.2) is 0 Å². The largest absolute Gasteiger partial charge is 0.481 e. The quantitative estimate of drug-likeness (QED) is 0.884. The highest BCUT2D eigenvalue weighted by Gasteiger charge is 2.44. The monoisotopic (exact) mass is 313 g/mol. The van der Waals surface area contributed by atoms with Gasteiger partial charge < -0.3 is 15.1 Å². The van der Waals surface area contributed by atoms with Crippen molar-refractivity contribution in [2.24, 2.45) is 5.92 Å². The van der Waals surface area contributed by atoms with E-state index in [0.29, 0.717) is 0 Å². The predicted molar refractivity (Wildman–Crippen MR) is 79.9 cm³/mol. The van der Waals surface area contributed by atoms with E-state index in [0.717, 1.165) is 21.5 Å². The van der Waals surface area contributed by atoms with E-state index < -0.39 is 29.1 Å². The van der Waals surface area contributed by atoms with Gasteiger partial charge in [-0.1, -0.05) is 12.1 Å². The molecule has 108 valence electrons. The molecule has 0 saturated heterocycles. The third-order valence-corrected chi connectivity index (χ3v) is 5.55. The molecule has 7 heteroatoms. The molecule has 0 saturated carbocycles. The Kier molecular flexibility index (Phi) is 4.52. The lowest BCUT2D eigenvalue weighted by Gasteiger charge is -2.35. The molecular weight excluding hydrogens is 298 g/mol. The smallest absolute Gasteiger partial charge is 0.317 e. The molecule has 0 amide bonds. The zero-order valence-corrected chi connectivity index (χ0v) is 12.6.